The van der Waals surface area contributed by atoms with Crippen LogP contribution < -0.4 is 4.74 Å². The minimum Gasteiger partial charge on any atom is -0.406 e. The SMILES string of the molecule is CC(=O)N1CCN(C(=O)C(C)N(C)Cc2ccc(OC(F)(F)F)cc2)CC1. The zero-order chi connectivity index (χ0) is 20.2. The largest absolute Gasteiger partial charge is 0.573 e. The highest BCUT2D eigenvalue weighted by Gasteiger charge is 2.31. The molecule has 2 rings (SSSR count). The molecule has 0 saturated carbocycles. The van der Waals surface area contributed by atoms with Crippen molar-refractivity contribution in [2.45, 2.75) is 32.8 Å². The van der Waals surface area contributed by atoms with Crippen LogP contribution in [0.5, 0.6) is 5.75 Å². The Kier molecular flexibility index (Phi) is 6.69. The smallest absolute Gasteiger partial charge is 0.406 e. The van der Waals surface area contributed by atoms with E-state index < -0.39 is 6.36 Å². The second-order valence-corrected chi connectivity index (χ2v) is 6.61. The Morgan fingerprint density at radius 2 is 1.63 bits per heavy atom. The summed E-state index contributed by atoms with van der Waals surface area (Å²) in [5.41, 5.74) is 0.771. The summed E-state index contributed by atoms with van der Waals surface area (Å²) >= 11 is 0. The average molecular weight is 387 g/mol. The Balaban J connectivity index is 1.88. The quantitative estimate of drug-likeness (QED) is 0.777. The highest BCUT2D eigenvalue weighted by atomic mass is 19.4. The number of ether oxygens (including phenoxy) is 1. The molecule has 0 radical (unpaired) electrons. The van der Waals surface area contributed by atoms with Crippen LogP contribution in [-0.2, 0) is 16.1 Å². The van der Waals surface area contributed by atoms with Gasteiger partial charge in [-0.25, -0.2) is 0 Å². The molecule has 6 nitrogen and oxygen atoms in total. The standard InChI is InChI=1S/C18H24F3N3O3/c1-13(17(26)24-10-8-23(9-11-24)14(2)25)22(3)12-15-4-6-16(7-5-15)27-18(19,20)21/h4-7,13H,8-12H2,1-3H3. The first kappa shape index (κ1) is 21.0. The monoisotopic (exact) mass is 387 g/mol. The fourth-order valence-corrected chi connectivity index (χ4v) is 2.92. The molecule has 0 aromatic heterocycles. The topological polar surface area (TPSA) is 53.1 Å². The highest BCUT2D eigenvalue weighted by Crippen LogP contribution is 2.23. The number of amides is 2. The van der Waals surface area contributed by atoms with Gasteiger partial charge in [-0.1, -0.05) is 12.1 Å². The molecule has 0 N–H and O–H groups in total. The number of hydrogen-bond acceptors (Lipinski definition) is 4. The van der Waals surface area contributed by atoms with Gasteiger partial charge in [-0.05, 0) is 31.7 Å². The van der Waals surface area contributed by atoms with E-state index in [4.69, 9.17) is 0 Å². The molecule has 1 fully saturated rings. The molecule has 1 aromatic carbocycles. The van der Waals surface area contributed by atoms with Crippen molar-refractivity contribution < 1.29 is 27.5 Å². The first-order chi connectivity index (χ1) is 12.6. The van der Waals surface area contributed by atoms with E-state index in [2.05, 4.69) is 4.74 Å². The van der Waals surface area contributed by atoms with Crippen molar-refractivity contribution in [2.75, 3.05) is 33.2 Å². The molecule has 9 heteroatoms. The fourth-order valence-electron chi connectivity index (χ4n) is 2.92. The number of benzene rings is 1. The van der Waals surface area contributed by atoms with Crippen LogP contribution in [0, 0.1) is 0 Å². The Morgan fingerprint density at radius 1 is 1.11 bits per heavy atom. The fraction of sp³-hybridized carbons (Fsp3) is 0.556. The summed E-state index contributed by atoms with van der Waals surface area (Å²) < 4.78 is 40.4. The van der Waals surface area contributed by atoms with Crippen LogP contribution in [0.15, 0.2) is 24.3 Å². The predicted octanol–water partition coefficient (Wildman–Crippen LogP) is 2.10. The molecule has 1 saturated heterocycles. The highest BCUT2D eigenvalue weighted by molar-refractivity contribution is 5.82. The van der Waals surface area contributed by atoms with Gasteiger partial charge in [0.1, 0.15) is 5.75 Å². The lowest BCUT2D eigenvalue weighted by Crippen LogP contribution is -2.54. The number of likely N-dealkylation sites (N-methyl/N-ethyl adjacent to an activating group) is 1. The summed E-state index contributed by atoms with van der Waals surface area (Å²) in [6, 6.07) is 5.20. The van der Waals surface area contributed by atoms with Crippen molar-refractivity contribution in [3.8, 4) is 5.75 Å². The third-order valence-electron chi connectivity index (χ3n) is 4.64. The number of nitrogens with zero attached hydrogens (tertiary/aromatic N) is 3. The predicted molar refractivity (Wildman–Crippen MR) is 92.9 cm³/mol. The zero-order valence-corrected chi connectivity index (χ0v) is 15.6. The summed E-state index contributed by atoms with van der Waals surface area (Å²) in [5, 5.41) is 0. The van der Waals surface area contributed by atoms with Crippen molar-refractivity contribution >= 4 is 11.8 Å². The van der Waals surface area contributed by atoms with Crippen LogP contribution >= 0.6 is 0 Å². The van der Waals surface area contributed by atoms with Crippen molar-refractivity contribution in [3.05, 3.63) is 29.8 Å². The number of halogens is 3. The minimum absolute atomic E-state index is 0.00483. The van der Waals surface area contributed by atoms with Crippen molar-refractivity contribution in [1.29, 1.82) is 0 Å². The van der Waals surface area contributed by atoms with Gasteiger partial charge in [0.2, 0.25) is 11.8 Å². The lowest BCUT2D eigenvalue weighted by atomic mass is 10.1. The molecule has 0 spiro atoms. The molecule has 1 aliphatic rings. The van der Waals surface area contributed by atoms with E-state index in [0.29, 0.717) is 32.7 Å². The van der Waals surface area contributed by atoms with Gasteiger partial charge in [-0.15, -0.1) is 13.2 Å². The molecule has 1 atom stereocenters. The van der Waals surface area contributed by atoms with Crippen molar-refractivity contribution in [1.82, 2.24) is 14.7 Å². The van der Waals surface area contributed by atoms with Gasteiger partial charge in [0.25, 0.3) is 0 Å². The number of carbonyl (C=O) groups excluding carboxylic acids is 2. The molecular weight excluding hydrogens is 363 g/mol. The first-order valence-corrected chi connectivity index (χ1v) is 8.66. The third-order valence-corrected chi connectivity index (χ3v) is 4.64. The third kappa shape index (κ3) is 6.13. The van der Waals surface area contributed by atoms with E-state index in [-0.39, 0.29) is 23.6 Å². The Bertz CT molecular complexity index is 656. The van der Waals surface area contributed by atoms with Crippen LogP contribution in [0.3, 0.4) is 0 Å². The van der Waals surface area contributed by atoms with Gasteiger partial charge in [0.15, 0.2) is 0 Å². The zero-order valence-electron chi connectivity index (χ0n) is 15.6. The van der Waals surface area contributed by atoms with Gasteiger partial charge in [-0.2, -0.15) is 0 Å². The second kappa shape index (κ2) is 8.60. The maximum absolute atomic E-state index is 12.7. The minimum atomic E-state index is -4.72. The van der Waals surface area contributed by atoms with Gasteiger partial charge in [0.05, 0.1) is 6.04 Å². The summed E-state index contributed by atoms with van der Waals surface area (Å²) in [4.78, 5) is 29.3. The van der Waals surface area contributed by atoms with Crippen molar-refractivity contribution in [2.24, 2.45) is 0 Å². The molecule has 27 heavy (non-hydrogen) atoms. The van der Waals surface area contributed by atoms with E-state index in [1.54, 1.807) is 35.9 Å². The Hall–Kier alpha value is -2.29. The number of carbonyl (C=O) groups is 2. The number of piperazine rings is 1. The van der Waals surface area contributed by atoms with E-state index in [9.17, 15) is 22.8 Å². The maximum Gasteiger partial charge on any atom is 0.573 e. The summed E-state index contributed by atoms with van der Waals surface area (Å²) in [6.45, 7) is 5.77. The van der Waals surface area contributed by atoms with Crippen LogP contribution in [0.25, 0.3) is 0 Å². The number of rotatable bonds is 5. The Morgan fingerprint density at radius 3 is 2.11 bits per heavy atom. The molecule has 1 heterocycles. The van der Waals surface area contributed by atoms with Crippen LogP contribution in [-0.4, -0.2) is 72.1 Å². The second-order valence-electron chi connectivity index (χ2n) is 6.61. The summed E-state index contributed by atoms with van der Waals surface area (Å²) in [5.74, 6) is -0.302. The van der Waals surface area contributed by atoms with E-state index in [1.807, 2.05) is 4.90 Å². The van der Waals surface area contributed by atoms with E-state index in [1.165, 1.54) is 19.1 Å². The van der Waals surface area contributed by atoms with Crippen LogP contribution in [0.2, 0.25) is 0 Å². The number of alkyl halides is 3. The lowest BCUT2D eigenvalue weighted by Gasteiger charge is -2.37. The molecule has 150 valence electrons. The lowest BCUT2D eigenvalue weighted by molar-refractivity contribution is -0.274. The van der Waals surface area contributed by atoms with Gasteiger partial charge >= 0.3 is 6.36 Å². The van der Waals surface area contributed by atoms with Gasteiger partial charge in [0, 0.05) is 39.6 Å². The van der Waals surface area contributed by atoms with Crippen LogP contribution in [0.4, 0.5) is 13.2 Å². The average Bonchev–Trinajstić information content (AvgIpc) is 2.61. The molecule has 1 aromatic rings. The van der Waals surface area contributed by atoms with Gasteiger partial charge in [-0.3, -0.25) is 14.5 Å². The summed E-state index contributed by atoms with van der Waals surface area (Å²) in [7, 11) is 1.79. The van der Waals surface area contributed by atoms with Crippen LogP contribution in [0.1, 0.15) is 19.4 Å². The number of hydrogen-bond donors (Lipinski definition) is 0. The molecule has 0 aliphatic carbocycles. The van der Waals surface area contributed by atoms with Crippen molar-refractivity contribution in [3.63, 3.8) is 0 Å². The molecule has 2 amide bonds. The maximum atomic E-state index is 12.7. The molecule has 1 aliphatic heterocycles. The normalized spacial score (nSPS) is 16.4. The first-order valence-electron chi connectivity index (χ1n) is 8.66. The van der Waals surface area contributed by atoms with E-state index in [0.717, 1.165) is 5.56 Å². The summed E-state index contributed by atoms with van der Waals surface area (Å²) in [6.07, 6.45) is -4.72. The molecule has 1 unspecified atom stereocenters. The Labute approximate surface area is 156 Å². The molecule has 0 bridgehead atoms. The van der Waals surface area contributed by atoms with E-state index >= 15 is 0 Å². The van der Waals surface area contributed by atoms with Gasteiger partial charge < -0.3 is 14.5 Å². The molecular formula is C18H24F3N3O3.